The zero-order valence-electron chi connectivity index (χ0n) is 12.1. The van der Waals surface area contributed by atoms with Crippen LogP contribution in [0.3, 0.4) is 0 Å². The van der Waals surface area contributed by atoms with Gasteiger partial charge in [0.2, 0.25) is 5.91 Å². The zero-order valence-corrected chi connectivity index (χ0v) is 12.1. The first-order valence-corrected chi connectivity index (χ1v) is 7.61. The molecule has 1 N–H and O–H groups in total. The first-order chi connectivity index (χ1) is 10.3. The molecule has 1 saturated heterocycles. The molecule has 0 radical (unpaired) electrons. The minimum absolute atomic E-state index is 0.0284. The van der Waals surface area contributed by atoms with Crippen molar-refractivity contribution in [3.63, 3.8) is 0 Å². The van der Waals surface area contributed by atoms with Crippen molar-refractivity contribution >= 4 is 5.91 Å². The summed E-state index contributed by atoms with van der Waals surface area (Å²) in [6.07, 6.45) is 6.46. The largest absolute Gasteiger partial charge is 0.493 e. The maximum atomic E-state index is 12.1. The van der Waals surface area contributed by atoms with Crippen molar-refractivity contribution in [3.8, 4) is 5.75 Å². The van der Waals surface area contributed by atoms with Gasteiger partial charge in [-0.2, -0.15) is 0 Å². The van der Waals surface area contributed by atoms with Gasteiger partial charge >= 0.3 is 0 Å². The second kappa shape index (κ2) is 6.76. The van der Waals surface area contributed by atoms with Gasteiger partial charge in [-0.15, -0.1) is 0 Å². The summed E-state index contributed by atoms with van der Waals surface area (Å²) in [6, 6.07) is 7.97. The predicted molar refractivity (Wildman–Crippen MR) is 80.1 cm³/mol. The van der Waals surface area contributed by atoms with Gasteiger partial charge < -0.3 is 14.8 Å². The van der Waals surface area contributed by atoms with E-state index in [2.05, 4.69) is 5.32 Å². The fourth-order valence-corrected chi connectivity index (χ4v) is 2.82. The maximum Gasteiger partial charge on any atom is 0.244 e. The number of carbonyl (C=O) groups excluding carboxylic acids is 1. The molecule has 3 rings (SSSR count). The molecule has 0 aliphatic carbocycles. The first kappa shape index (κ1) is 14.1. The summed E-state index contributed by atoms with van der Waals surface area (Å²) < 4.78 is 11.0. The van der Waals surface area contributed by atoms with Gasteiger partial charge in [0, 0.05) is 18.1 Å². The number of ether oxygens (including phenoxy) is 2. The van der Waals surface area contributed by atoms with Crippen molar-refractivity contribution in [2.75, 3.05) is 19.8 Å². The lowest BCUT2D eigenvalue weighted by Crippen LogP contribution is -2.26. The number of amides is 1. The number of hydrogen-bond acceptors (Lipinski definition) is 3. The fraction of sp³-hybridized carbons (Fsp3) is 0.471. The molecule has 0 bridgehead atoms. The monoisotopic (exact) mass is 287 g/mol. The second-order valence-electron chi connectivity index (χ2n) is 5.57. The van der Waals surface area contributed by atoms with Crippen LogP contribution in [0, 0.1) is 5.92 Å². The molecule has 1 amide bonds. The molecule has 1 aromatic rings. The smallest absolute Gasteiger partial charge is 0.244 e. The molecule has 1 fully saturated rings. The molecule has 2 aliphatic rings. The fourth-order valence-electron chi connectivity index (χ4n) is 2.82. The Morgan fingerprint density at radius 2 is 2.14 bits per heavy atom. The molecule has 0 saturated carbocycles. The molecule has 1 aromatic carbocycles. The Labute approximate surface area is 125 Å². The van der Waals surface area contributed by atoms with Gasteiger partial charge in [-0.3, -0.25) is 4.79 Å². The van der Waals surface area contributed by atoms with Crippen LogP contribution in [0.1, 0.15) is 30.9 Å². The van der Waals surface area contributed by atoms with Crippen LogP contribution < -0.4 is 10.1 Å². The summed E-state index contributed by atoms with van der Waals surface area (Å²) in [4.78, 5) is 12.1. The van der Waals surface area contributed by atoms with E-state index in [1.807, 2.05) is 30.3 Å². The number of para-hydroxylation sites is 1. The third-order valence-electron chi connectivity index (χ3n) is 3.99. The van der Waals surface area contributed by atoms with Crippen molar-refractivity contribution in [2.24, 2.45) is 5.92 Å². The highest BCUT2D eigenvalue weighted by Gasteiger charge is 2.20. The van der Waals surface area contributed by atoms with Crippen molar-refractivity contribution in [1.82, 2.24) is 5.32 Å². The van der Waals surface area contributed by atoms with E-state index in [4.69, 9.17) is 9.47 Å². The molecule has 112 valence electrons. The Kier molecular flexibility index (Phi) is 4.55. The third-order valence-corrected chi connectivity index (χ3v) is 3.99. The number of fused-ring (bicyclic) bond motifs is 1. The van der Waals surface area contributed by atoms with Gasteiger partial charge in [0.15, 0.2) is 0 Å². The Balaban J connectivity index is 1.65. The average molecular weight is 287 g/mol. The van der Waals surface area contributed by atoms with Crippen LogP contribution in [0.15, 0.2) is 36.4 Å². The van der Waals surface area contributed by atoms with E-state index in [9.17, 15) is 4.79 Å². The van der Waals surface area contributed by atoms with Crippen molar-refractivity contribution in [2.45, 2.75) is 25.3 Å². The Morgan fingerprint density at radius 3 is 3.00 bits per heavy atom. The van der Waals surface area contributed by atoms with Gasteiger partial charge in [-0.1, -0.05) is 24.3 Å². The highest BCUT2D eigenvalue weighted by molar-refractivity contribution is 5.87. The van der Waals surface area contributed by atoms with Gasteiger partial charge in [-0.25, -0.2) is 0 Å². The van der Waals surface area contributed by atoms with Gasteiger partial charge in [0.1, 0.15) is 5.75 Å². The molecule has 0 spiro atoms. The molecule has 4 heteroatoms. The molecular formula is C17H21NO3. The highest BCUT2D eigenvalue weighted by Crippen LogP contribution is 2.31. The number of rotatable bonds is 3. The third kappa shape index (κ3) is 3.64. The van der Waals surface area contributed by atoms with E-state index in [1.165, 1.54) is 0 Å². The molecule has 4 nitrogen and oxygen atoms in total. The van der Waals surface area contributed by atoms with Gasteiger partial charge in [0.25, 0.3) is 0 Å². The number of nitrogens with one attached hydrogen (secondary N) is 1. The lowest BCUT2D eigenvalue weighted by molar-refractivity contribution is -0.117. The zero-order chi connectivity index (χ0) is 14.5. The Hall–Kier alpha value is -1.81. The minimum atomic E-state index is -0.0383. The molecule has 2 aliphatic heterocycles. The van der Waals surface area contributed by atoms with Crippen LogP contribution in [-0.2, 0) is 9.53 Å². The summed E-state index contributed by atoms with van der Waals surface area (Å²) in [5.74, 6) is 1.22. The van der Waals surface area contributed by atoms with E-state index in [0.29, 0.717) is 12.5 Å². The quantitative estimate of drug-likeness (QED) is 0.869. The topological polar surface area (TPSA) is 47.6 Å². The predicted octanol–water partition coefficient (Wildman–Crippen LogP) is 2.61. The van der Waals surface area contributed by atoms with Crippen molar-refractivity contribution in [3.05, 3.63) is 42.0 Å². The highest BCUT2D eigenvalue weighted by atomic mass is 16.5. The van der Waals surface area contributed by atoms with Crippen LogP contribution in [0.4, 0.5) is 0 Å². The minimum Gasteiger partial charge on any atom is -0.493 e. The average Bonchev–Trinajstić information content (AvgIpc) is 2.94. The van der Waals surface area contributed by atoms with Gasteiger partial charge in [0.05, 0.1) is 19.3 Å². The summed E-state index contributed by atoms with van der Waals surface area (Å²) >= 11 is 0. The van der Waals surface area contributed by atoms with Crippen molar-refractivity contribution in [1.29, 1.82) is 0 Å². The molecule has 0 aromatic heterocycles. The SMILES string of the molecule is O=C(C=CC1CCOC1)NC1CCCOc2ccccc21. The molecule has 2 unspecified atom stereocenters. The van der Waals surface area contributed by atoms with E-state index in [-0.39, 0.29) is 11.9 Å². The summed E-state index contributed by atoms with van der Waals surface area (Å²) in [6.45, 7) is 2.23. The van der Waals surface area contributed by atoms with Crippen LogP contribution in [0.5, 0.6) is 5.75 Å². The lowest BCUT2D eigenvalue weighted by atomic mass is 10.0. The van der Waals surface area contributed by atoms with Crippen LogP contribution in [-0.4, -0.2) is 25.7 Å². The summed E-state index contributed by atoms with van der Waals surface area (Å²) in [5, 5.41) is 3.09. The van der Waals surface area contributed by atoms with Crippen LogP contribution >= 0.6 is 0 Å². The molecule has 2 heterocycles. The molecular weight excluding hydrogens is 266 g/mol. The summed E-state index contributed by atoms with van der Waals surface area (Å²) in [5.41, 5.74) is 1.07. The van der Waals surface area contributed by atoms with E-state index < -0.39 is 0 Å². The van der Waals surface area contributed by atoms with E-state index >= 15 is 0 Å². The Bertz CT molecular complexity index is 521. The lowest BCUT2D eigenvalue weighted by Gasteiger charge is -2.17. The van der Waals surface area contributed by atoms with Crippen LogP contribution in [0.2, 0.25) is 0 Å². The second-order valence-corrected chi connectivity index (χ2v) is 5.57. The van der Waals surface area contributed by atoms with Crippen molar-refractivity contribution < 1.29 is 14.3 Å². The standard InChI is InChI=1S/C17H21NO3/c19-17(8-7-13-9-11-20-12-13)18-15-5-3-10-21-16-6-2-1-4-14(15)16/h1-2,4,6-8,13,15H,3,5,9-12H2,(H,18,19). The Morgan fingerprint density at radius 1 is 1.24 bits per heavy atom. The number of benzene rings is 1. The summed E-state index contributed by atoms with van der Waals surface area (Å²) in [7, 11) is 0. The number of carbonyl (C=O) groups is 1. The van der Waals surface area contributed by atoms with Crippen LogP contribution in [0.25, 0.3) is 0 Å². The van der Waals surface area contributed by atoms with Gasteiger partial charge in [-0.05, 0) is 31.4 Å². The first-order valence-electron chi connectivity index (χ1n) is 7.61. The normalized spacial score (nSPS) is 25.1. The number of hydrogen-bond donors (Lipinski definition) is 1. The van der Waals surface area contributed by atoms with E-state index in [0.717, 1.165) is 43.8 Å². The maximum absolute atomic E-state index is 12.1. The van der Waals surface area contributed by atoms with E-state index in [1.54, 1.807) is 6.08 Å². The molecule has 2 atom stereocenters. The molecule has 21 heavy (non-hydrogen) atoms.